The zero-order valence-electron chi connectivity index (χ0n) is 17.0. The minimum atomic E-state index is 0.686. The van der Waals surface area contributed by atoms with Crippen molar-refractivity contribution in [2.75, 3.05) is 26.1 Å². The summed E-state index contributed by atoms with van der Waals surface area (Å²) in [5.41, 5.74) is 4.68. The van der Waals surface area contributed by atoms with Gasteiger partial charge in [-0.1, -0.05) is 12.1 Å². The van der Waals surface area contributed by atoms with E-state index < -0.39 is 0 Å². The van der Waals surface area contributed by atoms with Crippen LogP contribution in [0, 0.1) is 13.8 Å². The lowest BCUT2D eigenvalue weighted by Crippen LogP contribution is -2.09. The molecule has 4 aromatic rings. The number of rotatable bonds is 7. The van der Waals surface area contributed by atoms with Gasteiger partial charge in [0.15, 0.2) is 17.1 Å². The van der Waals surface area contributed by atoms with Gasteiger partial charge in [-0.2, -0.15) is 9.61 Å². The van der Waals surface area contributed by atoms with Gasteiger partial charge >= 0.3 is 0 Å². The number of aromatic nitrogens is 3. The molecule has 7 heteroatoms. The molecule has 3 heterocycles. The van der Waals surface area contributed by atoms with Crippen molar-refractivity contribution >= 4 is 22.8 Å². The lowest BCUT2D eigenvalue weighted by molar-refractivity contribution is 0.355. The molecule has 6 nitrogen and oxygen atoms in total. The highest BCUT2D eigenvalue weighted by Gasteiger charge is 2.17. The Kier molecular flexibility index (Phi) is 5.40. The highest BCUT2D eigenvalue weighted by atomic mass is 32.1. The zero-order chi connectivity index (χ0) is 20.4. The van der Waals surface area contributed by atoms with Crippen LogP contribution in [-0.4, -0.2) is 35.4 Å². The smallest absolute Gasteiger partial charge is 0.165 e. The molecule has 150 valence electrons. The molecule has 1 N–H and O–H groups in total. The second kappa shape index (κ2) is 8.13. The van der Waals surface area contributed by atoms with Crippen LogP contribution in [0.5, 0.6) is 11.5 Å². The van der Waals surface area contributed by atoms with Gasteiger partial charge in [-0.05, 0) is 49.4 Å². The van der Waals surface area contributed by atoms with Crippen LogP contribution < -0.4 is 14.8 Å². The summed E-state index contributed by atoms with van der Waals surface area (Å²) < 4.78 is 12.7. The lowest BCUT2D eigenvalue weighted by Gasteiger charge is -2.11. The van der Waals surface area contributed by atoms with Crippen LogP contribution in [0.1, 0.15) is 16.3 Å². The van der Waals surface area contributed by atoms with Crippen molar-refractivity contribution in [3.63, 3.8) is 0 Å². The summed E-state index contributed by atoms with van der Waals surface area (Å²) in [6.45, 7) is 4.85. The van der Waals surface area contributed by atoms with Crippen LogP contribution >= 0.6 is 11.3 Å². The molecule has 0 unspecified atom stereocenters. The average molecular weight is 409 g/mol. The zero-order valence-corrected chi connectivity index (χ0v) is 17.8. The van der Waals surface area contributed by atoms with Crippen molar-refractivity contribution in [2.45, 2.75) is 20.3 Å². The Morgan fingerprint density at radius 1 is 1.07 bits per heavy atom. The van der Waals surface area contributed by atoms with E-state index in [1.807, 2.05) is 42.6 Å². The third-order valence-corrected chi connectivity index (χ3v) is 5.76. The molecule has 29 heavy (non-hydrogen) atoms. The fraction of sp³-hybridized carbons (Fsp3) is 0.273. The fourth-order valence-corrected chi connectivity index (χ4v) is 4.18. The molecule has 0 amide bonds. The third-order valence-electron chi connectivity index (χ3n) is 4.82. The Bertz CT molecular complexity index is 1140. The van der Waals surface area contributed by atoms with E-state index in [0.717, 1.165) is 46.9 Å². The van der Waals surface area contributed by atoms with Crippen molar-refractivity contribution < 1.29 is 9.47 Å². The van der Waals surface area contributed by atoms with E-state index in [0.29, 0.717) is 11.5 Å². The van der Waals surface area contributed by atoms with Crippen LogP contribution in [0.2, 0.25) is 0 Å². The Morgan fingerprint density at radius 3 is 2.62 bits per heavy atom. The summed E-state index contributed by atoms with van der Waals surface area (Å²) >= 11 is 1.78. The molecule has 4 rings (SSSR count). The molecule has 0 fully saturated rings. The number of ether oxygens (including phenoxy) is 2. The van der Waals surface area contributed by atoms with Gasteiger partial charge in [-0.15, -0.1) is 11.3 Å². The average Bonchev–Trinajstić information content (AvgIpc) is 3.34. The molecule has 0 aliphatic carbocycles. The van der Waals surface area contributed by atoms with E-state index in [4.69, 9.17) is 19.6 Å². The van der Waals surface area contributed by atoms with Crippen LogP contribution in [-0.2, 0) is 6.42 Å². The molecule has 3 aromatic heterocycles. The number of hydrogen-bond donors (Lipinski definition) is 1. The molecule has 0 saturated carbocycles. The van der Waals surface area contributed by atoms with Gasteiger partial charge in [0.1, 0.15) is 5.82 Å². The van der Waals surface area contributed by atoms with Gasteiger partial charge < -0.3 is 14.8 Å². The second-order valence-corrected chi connectivity index (χ2v) is 7.84. The molecular formula is C22H24N4O2S. The van der Waals surface area contributed by atoms with Gasteiger partial charge in [0.05, 0.1) is 19.9 Å². The third kappa shape index (κ3) is 3.78. The van der Waals surface area contributed by atoms with E-state index in [2.05, 4.69) is 22.8 Å². The molecule has 0 atom stereocenters. The number of nitrogens with zero attached hydrogens (tertiary/aromatic N) is 3. The number of hydrogen-bond acceptors (Lipinski definition) is 6. The molecule has 1 aromatic carbocycles. The Hall–Kier alpha value is -3.06. The fourth-order valence-electron chi connectivity index (χ4n) is 3.47. The van der Waals surface area contributed by atoms with Crippen LogP contribution in [0.4, 0.5) is 5.82 Å². The number of anilines is 1. The predicted molar refractivity (Wildman–Crippen MR) is 118 cm³/mol. The van der Waals surface area contributed by atoms with Crippen molar-refractivity contribution in [3.05, 3.63) is 58.0 Å². The topological polar surface area (TPSA) is 60.7 Å². The van der Waals surface area contributed by atoms with Crippen molar-refractivity contribution in [3.8, 4) is 22.6 Å². The molecule has 0 spiro atoms. The summed E-state index contributed by atoms with van der Waals surface area (Å²) in [6, 6.07) is 12.2. The Morgan fingerprint density at radius 2 is 1.90 bits per heavy atom. The van der Waals surface area contributed by atoms with Crippen molar-refractivity contribution in [1.82, 2.24) is 14.6 Å². The molecule has 0 saturated heterocycles. The number of methoxy groups -OCH3 is 2. The first-order valence-corrected chi connectivity index (χ1v) is 10.3. The van der Waals surface area contributed by atoms with E-state index >= 15 is 0 Å². The second-order valence-electron chi connectivity index (χ2n) is 6.80. The SMILES string of the molecule is COc1ccc(-c2c(C)nn3c(NCCc4cccs4)cc(C)nc23)cc1OC. The first-order valence-electron chi connectivity index (χ1n) is 9.46. The van der Waals surface area contributed by atoms with Crippen molar-refractivity contribution in [1.29, 1.82) is 0 Å². The standard InChI is InChI=1S/C22H24N4O2S/c1-14-12-20(23-10-9-17-6-5-11-29-17)26-22(24-14)21(15(2)25-26)16-7-8-18(27-3)19(13-16)28-4/h5-8,11-13,23H,9-10H2,1-4H3. The number of aryl methyl sites for hydroxylation is 2. The predicted octanol–water partition coefficient (Wildman–Crippen LogP) is 4.75. The first kappa shape index (κ1) is 19.3. The summed E-state index contributed by atoms with van der Waals surface area (Å²) in [4.78, 5) is 6.14. The number of fused-ring (bicyclic) bond motifs is 1. The van der Waals surface area contributed by atoms with Gasteiger partial charge in [-0.3, -0.25) is 0 Å². The van der Waals surface area contributed by atoms with Crippen molar-refractivity contribution in [2.24, 2.45) is 0 Å². The van der Waals surface area contributed by atoms with Gasteiger partial charge in [0.2, 0.25) is 0 Å². The molecular weight excluding hydrogens is 384 g/mol. The summed E-state index contributed by atoms with van der Waals surface area (Å²) in [6.07, 6.45) is 0.976. The Balaban J connectivity index is 1.72. The van der Waals surface area contributed by atoms with Crippen LogP contribution in [0.15, 0.2) is 41.8 Å². The normalized spacial score (nSPS) is 11.0. The minimum absolute atomic E-state index is 0.686. The van der Waals surface area contributed by atoms with E-state index in [-0.39, 0.29) is 0 Å². The van der Waals surface area contributed by atoms with Gasteiger partial charge in [-0.25, -0.2) is 4.98 Å². The minimum Gasteiger partial charge on any atom is -0.493 e. The monoisotopic (exact) mass is 408 g/mol. The highest BCUT2D eigenvalue weighted by molar-refractivity contribution is 7.09. The van der Waals surface area contributed by atoms with Crippen LogP contribution in [0.3, 0.4) is 0 Å². The molecule has 0 bridgehead atoms. The lowest BCUT2D eigenvalue weighted by atomic mass is 10.1. The number of thiophene rings is 1. The first-order chi connectivity index (χ1) is 14.1. The maximum absolute atomic E-state index is 5.48. The van der Waals surface area contributed by atoms with E-state index in [1.54, 1.807) is 25.6 Å². The molecule has 0 radical (unpaired) electrons. The molecule has 0 aliphatic rings. The molecule has 0 aliphatic heterocycles. The van der Waals surface area contributed by atoms with Crippen LogP contribution in [0.25, 0.3) is 16.8 Å². The summed E-state index contributed by atoms with van der Waals surface area (Å²) in [5, 5.41) is 10.4. The summed E-state index contributed by atoms with van der Waals surface area (Å²) in [7, 11) is 3.28. The highest BCUT2D eigenvalue weighted by Crippen LogP contribution is 2.35. The maximum atomic E-state index is 5.48. The van der Waals surface area contributed by atoms with E-state index in [1.165, 1.54) is 4.88 Å². The largest absolute Gasteiger partial charge is 0.493 e. The van der Waals surface area contributed by atoms with E-state index in [9.17, 15) is 0 Å². The van der Waals surface area contributed by atoms with Gasteiger partial charge in [0, 0.05) is 28.7 Å². The number of benzene rings is 1. The maximum Gasteiger partial charge on any atom is 0.165 e. The quantitative estimate of drug-likeness (QED) is 0.478. The number of nitrogens with one attached hydrogen (secondary N) is 1. The Labute approximate surface area is 174 Å². The van der Waals surface area contributed by atoms with Gasteiger partial charge in [0.25, 0.3) is 0 Å². The summed E-state index contributed by atoms with van der Waals surface area (Å²) in [5.74, 6) is 2.33.